The Hall–Kier alpha value is -1.75. The van der Waals surface area contributed by atoms with Crippen molar-refractivity contribution in [3.8, 4) is 0 Å². The van der Waals surface area contributed by atoms with E-state index in [1.807, 2.05) is 24.4 Å². The van der Waals surface area contributed by atoms with Gasteiger partial charge in [0.05, 0.1) is 11.8 Å². The summed E-state index contributed by atoms with van der Waals surface area (Å²) < 4.78 is 2.15. The first-order valence-corrected chi connectivity index (χ1v) is 7.96. The summed E-state index contributed by atoms with van der Waals surface area (Å²) >= 11 is 1.27. The number of aliphatic carboxylic acids is 1. The zero-order chi connectivity index (χ0) is 15.4. The van der Waals surface area contributed by atoms with Crippen LogP contribution in [0.5, 0.6) is 0 Å². The lowest BCUT2D eigenvalue weighted by Crippen LogP contribution is -2.13. The highest BCUT2D eigenvalue weighted by Crippen LogP contribution is 2.30. The average Bonchev–Trinajstić information content (AvgIpc) is 2.89. The molecule has 0 aliphatic rings. The molecule has 1 atom stereocenters. The van der Waals surface area contributed by atoms with Crippen molar-refractivity contribution >= 4 is 17.7 Å². The predicted octanol–water partition coefficient (Wildman–Crippen LogP) is 3.79. The summed E-state index contributed by atoms with van der Waals surface area (Å²) in [7, 11) is 0. The molecule has 1 unspecified atom stereocenters. The maximum atomic E-state index is 10.8. The van der Waals surface area contributed by atoms with Crippen molar-refractivity contribution < 1.29 is 9.90 Å². The summed E-state index contributed by atoms with van der Waals surface area (Å²) in [6.45, 7) is 6.36. The van der Waals surface area contributed by atoms with Gasteiger partial charge in [-0.2, -0.15) is 0 Å². The van der Waals surface area contributed by atoms with Gasteiger partial charge < -0.3 is 9.67 Å². The van der Waals surface area contributed by atoms with Gasteiger partial charge in [0.2, 0.25) is 0 Å². The number of imidazole rings is 1. The van der Waals surface area contributed by atoms with Crippen molar-refractivity contribution in [2.75, 3.05) is 5.75 Å². The van der Waals surface area contributed by atoms with E-state index in [4.69, 9.17) is 5.11 Å². The molecule has 0 aliphatic carbocycles. The van der Waals surface area contributed by atoms with Gasteiger partial charge in [-0.15, -0.1) is 0 Å². The van der Waals surface area contributed by atoms with E-state index in [9.17, 15) is 4.79 Å². The third-order valence-electron chi connectivity index (χ3n) is 3.38. The number of aromatic nitrogens is 2. The molecule has 0 spiro atoms. The first-order chi connectivity index (χ1) is 10.0. The lowest BCUT2D eigenvalue weighted by Gasteiger charge is -2.21. The molecule has 0 fully saturated rings. The van der Waals surface area contributed by atoms with Crippen LogP contribution >= 0.6 is 11.8 Å². The standard InChI is InChI=1S/C16H20N2O2S/c1-11(2)14-9-17-16(21-10-15(19)20)18(14)12(3)13-7-5-4-6-8-13/h4-9,11-12H,10H2,1-3H3,(H,19,20). The number of hydrogen-bond donors (Lipinski definition) is 1. The molecule has 1 heterocycles. The Kier molecular flexibility index (Phi) is 5.07. The number of carboxylic acids is 1. The molecule has 1 aromatic carbocycles. The topological polar surface area (TPSA) is 55.1 Å². The van der Waals surface area contributed by atoms with Crippen LogP contribution in [0.2, 0.25) is 0 Å². The second-order valence-corrected chi connectivity index (χ2v) is 6.20. The molecule has 0 amide bonds. The fourth-order valence-corrected chi connectivity index (χ4v) is 3.07. The molecule has 2 rings (SSSR count). The molecule has 112 valence electrons. The first kappa shape index (κ1) is 15.6. The summed E-state index contributed by atoms with van der Waals surface area (Å²) in [5, 5.41) is 9.64. The van der Waals surface area contributed by atoms with Gasteiger partial charge in [-0.1, -0.05) is 55.9 Å². The largest absolute Gasteiger partial charge is 0.481 e. The zero-order valence-electron chi connectivity index (χ0n) is 12.5. The lowest BCUT2D eigenvalue weighted by atomic mass is 10.1. The summed E-state index contributed by atoms with van der Waals surface area (Å²) in [6, 6.07) is 10.3. The normalized spacial score (nSPS) is 12.6. The second-order valence-electron chi connectivity index (χ2n) is 5.26. The molecule has 21 heavy (non-hydrogen) atoms. The van der Waals surface area contributed by atoms with Crippen LogP contribution in [-0.2, 0) is 4.79 Å². The van der Waals surface area contributed by atoms with Crippen molar-refractivity contribution in [2.45, 2.75) is 37.9 Å². The highest BCUT2D eigenvalue weighted by atomic mass is 32.2. The summed E-state index contributed by atoms with van der Waals surface area (Å²) in [4.78, 5) is 15.2. The van der Waals surface area contributed by atoms with E-state index in [2.05, 4.69) is 42.5 Å². The van der Waals surface area contributed by atoms with Gasteiger partial charge in [-0.05, 0) is 18.4 Å². The molecule has 5 heteroatoms. The van der Waals surface area contributed by atoms with E-state index in [1.54, 1.807) is 0 Å². The van der Waals surface area contributed by atoms with E-state index in [1.165, 1.54) is 17.3 Å². The van der Waals surface area contributed by atoms with Crippen LogP contribution in [0.15, 0.2) is 41.7 Å². The van der Waals surface area contributed by atoms with Gasteiger partial charge in [-0.3, -0.25) is 4.79 Å². The highest BCUT2D eigenvalue weighted by Gasteiger charge is 2.19. The number of rotatable bonds is 6. The van der Waals surface area contributed by atoms with Gasteiger partial charge in [-0.25, -0.2) is 4.98 Å². The van der Waals surface area contributed by atoms with Crippen molar-refractivity contribution in [3.63, 3.8) is 0 Å². The number of hydrogen-bond acceptors (Lipinski definition) is 3. The summed E-state index contributed by atoms with van der Waals surface area (Å²) in [6.07, 6.45) is 1.86. The molecular weight excluding hydrogens is 284 g/mol. The monoisotopic (exact) mass is 304 g/mol. The van der Waals surface area contributed by atoms with E-state index >= 15 is 0 Å². The number of benzene rings is 1. The predicted molar refractivity (Wildman–Crippen MR) is 84.9 cm³/mol. The maximum absolute atomic E-state index is 10.8. The molecule has 4 nitrogen and oxygen atoms in total. The van der Waals surface area contributed by atoms with Crippen molar-refractivity contribution in [1.29, 1.82) is 0 Å². The molecule has 2 aromatic rings. The quantitative estimate of drug-likeness (QED) is 0.825. The second kappa shape index (κ2) is 6.80. The van der Waals surface area contributed by atoms with Crippen LogP contribution < -0.4 is 0 Å². The van der Waals surface area contributed by atoms with Crippen LogP contribution in [-0.4, -0.2) is 26.4 Å². The molecule has 0 bridgehead atoms. The third kappa shape index (κ3) is 3.67. The molecular formula is C16H20N2O2S. The minimum Gasteiger partial charge on any atom is -0.481 e. The van der Waals surface area contributed by atoms with Crippen LogP contribution in [0.25, 0.3) is 0 Å². The molecule has 0 saturated carbocycles. The van der Waals surface area contributed by atoms with Crippen LogP contribution in [0, 0.1) is 0 Å². The molecule has 0 radical (unpaired) electrons. The van der Waals surface area contributed by atoms with Crippen molar-refractivity contribution in [1.82, 2.24) is 9.55 Å². The van der Waals surface area contributed by atoms with Gasteiger partial charge in [0.15, 0.2) is 5.16 Å². The van der Waals surface area contributed by atoms with Crippen LogP contribution in [0.1, 0.15) is 44.0 Å². The molecule has 1 N–H and O–H groups in total. The maximum Gasteiger partial charge on any atom is 0.313 e. The first-order valence-electron chi connectivity index (χ1n) is 6.97. The number of nitrogens with zero attached hydrogens (tertiary/aromatic N) is 2. The van der Waals surface area contributed by atoms with Gasteiger partial charge in [0.25, 0.3) is 0 Å². The van der Waals surface area contributed by atoms with Gasteiger partial charge in [0.1, 0.15) is 0 Å². The number of carboxylic acid groups (broad SMARTS) is 1. The van der Waals surface area contributed by atoms with Crippen LogP contribution in [0.3, 0.4) is 0 Å². The summed E-state index contributed by atoms with van der Waals surface area (Å²) in [5.74, 6) is -0.466. The zero-order valence-corrected chi connectivity index (χ0v) is 13.3. The Bertz CT molecular complexity index is 608. The minimum atomic E-state index is -0.826. The SMILES string of the molecule is CC(C)c1cnc(SCC(=O)O)n1C(C)c1ccccc1. The number of carbonyl (C=O) groups is 1. The fourth-order valence-electron chi connectivity index (χ4n) is 2.29. The highest BCUT2D eigenvalue weighted by molar-refractivity contribution is 7.99. The van der Waals surface area contributed by atoms with E-state index in [-0.39, 0.29) is 11.8 Å². The van der Waals surface area contributed by atoms with Gasteiger partial charge in [0, 0.05) is 11.9 Å². The van der Waals surface area contributed by atoms with Crippen molar-refractivity contribution in [3.05, 3.63) is 47.8 Å². The fraction of sp³-hybridized carbons (Fsp3) is 0.375. The molecule has 0 saturated heterocycles. The van der Waals surface area contributed by atoms with Crippen LogP contribution in [0.4, 0.5) is 0 Å². The Morgan fingerprint density at radius 3 is 2.52 bits per heavy atom. The Morgan fingerprint density at radius 1 is 1.29 bits per heavy atom. The van der Waals surface area contributed by atoms with E-state index < -0.39 is 5.97 Å². The van der Waals surface area contributed by atoms with E-state index in [0.717, 1.165) is 10.9 Å². The van der Waals surface area contributed by atoms with E-state index in [0.29, 0.717) is 5.92 Å². The summed E-state index contributed by atoms with van der Waals surface area (Å²) in [5.41, 5.74) is 2.31. The number of thioether (sulfide) groups is 1. The Labute approximate surface area is 129 Å². The average molecular weight is 304 g/mol. The minimum absolute atomic E-state index is 0.0239. The Balaban J connectivity index is 2.38. The molecule has 1 aromatic heterocycles. The van der Waals surface area contributed by atoms with Gasteiger partial charge >= 0.3 is 5.97 Å². The van der Waals surface area contributed by atoms with Crippen molar-refractivity contribution in [2.24, 2.45) is 0 Å². The smallest absolute Gasteiger partial charge is 0.313 e. The lowest BCUT2D eigenvalue weighted by molar-refractivity contribution is -0.133. The third-order valence-corrected chi connectivity index (χ3v) is 4.33. The molecule has 0 aliphatic heterocycles. The Morgan fingerprint density at radius 2 is 1.95 bits per heavy atom.